The number of anilines is 1. The number of rotatable bonds is 8. The zero-order chi connectivity index (χ0) is 22.5. The van der Waals surface area contributed by atoms with Crippen molar-refractivity contribution in [3.63, 3.8) is 0 Å². The van der Waals surface area contributed by atoms with Gasteiger partial charge in [0.15, 0.2) is 0 Å². The summed E-state index contributed by atoms with van der Waals surface area (Å²) in [6, 6.07) is 13.5. The highest BCUT2D eigenvalue weighted by Gasteiger charge is 2.29. The van der Waals surface area contributed by atoms with E-state index < -0.39 is 28.5 Å². The molecule has 1 atom stereocenters. The maximum Gasteiger partial charge on any atom is 0.244 e. The van der Waals surface area contributed by atoms with E-state index in [9.17, 15) is 18.0 Å². The highest BCUT2D eigenvalue weighted by molar-refractivity contribution is 9.10. The first-order valence-electron chi connectivity index (χ1n) is 9.33. The summed E-state index contributed by atoms with van der Waals surface area (Å²) in [5.74, 6) is -0.809. The predicted octanol–water partition coefficient (Wildman–Crippen LogP) is 2.69. The largest absolute Gasteiger partial charge is 0.357 e. The van der Waals surface area contributed by atoms with Crippen molar-refractivity contribution >= 4 is 43.5 Å². The molecule has 2 aromatic carbocycles. The number of hydrogen-bond acceptors (Lipinski definition) is 4. The van der Waals surface area contributed by atoms with Crippen molar-refractivity contribution in [2.45, 2.75) is 26.4 Å². The molecule has 0 radical (unpaired) electrons. The fraction of sp³-hybridized carbons (Fsp3) is 0.333. The van der Waals surface area contributed by atoms with E-state index in [0.29, 0.717) is 5.69 Å². The van der Waals surface area contributed by atoms with Crippen LogP contribution in [0.5, 0.6) is 0 Å². The number of aryl methyl sites for hydroxylation is 1. The van der Waals surface area contributed by atoms with Gasteiger partial charge in [-0.25, -0.2) is 8.42 Å². The number of nitrogens with zero attached hydrogens (tertiary/aromatic N) is 2. The van der Waals surface area contributed by atoms with E-state index in [1.165, 1.54) is 11.9 Å². The van der Waals surface area contributed by atoms with Crippen LogP contribution in [0.2, 0.25) is 0 Å². The average molecular weight is 496 g/mol. The summed E-state index contributed by atoms with van der Waals surface area (Å²) >= 11 is 3.40. The van der Waals surface area contributed by atoms with Crippen molar-refractivity contribution in [1.29, 1.82) is 0 Å². The standard InChI is InChI=1S/C21H26BrN3O4S/c1-15-8-10-19(11-9-15)25(30(4,28)29)14-20(26)24(16(2)21(27)23-3)13-17-6-5-7-18(22)12-17/h5-12,16H,13-14H2,1-4H3,(H,23,27)/t16-/m0/s1. The van der Waals surface area contributed by atoms with Crippen molar-refractivity contribution in [3.05, 3.63) is 64.1 Å². The molecule has 0 spiro atoms. The number of likely N-dealkylation sites (N-methyl/N-ethyl adjacent to an activating group) is 1. The lowest BCUT2D eigenvalue weighted by Crippen LogP contribution is -2.50. The van der Waals surface area contributed by atoms with Gasteiger partial charge >= 0.3 is 0 Å². The Bertz CT molecular complexity index is 1010. The third-order valence-electron chi connectivity index (χ3n) is 4.66. The summed E-state index contributed by atoms with van der Waals surface area (Å²) < 4.78 is 26.7. The van der Waals surface area contributed by atoms with Crippen LogP contribution in [0.25, 0.3) is 0 Å². The molecule has 0 unspecified atom stereocenters. The Kier molecular flexibility index (Phi) is 8.03. The van der Waals surface area contributed by atoms with E-state index in [4.69, 9.17) is 0 Å². The van der Waals surface area contributed by atoms with E-state index in [-0.39, 0.29) is 12.5 Å². The molecule has 0 saturated heterocycles. The quantitative estimate of drug-likeness (QED) is 0.609. The van der Waals surface area contributed by atoms with Crippen LogP contribution in [-0.4, -0.2) is 51.0 Å². The average Bonchev–Trinajstić information content (AvgIpc) is 2.69. The Labute approximate surface area is 186 Å². The third-order valence-corrected chi connectivity index (χ3v) is 6.29. The number of carbonyl (C=O) groups is 2. The minimum atomic E-state index is -3.71. The predicted molar refractivity (Wildman–Crippen MR) is 122 cm³/mol. The zero-order valence-electron chi connectivity index (χ0n) is 17.4. The molecular weight excluding hydrogens is 470 g/mol. The van der Waals surface area contributed by atoms with Gasteiger partial charge in [0.25, 0.3) is 0 Å². The van der Waals surface area contributed by atoms with Crippen LogP contribution in [-0.2, 0) is 26.2 Å². The van der Waals surface area contributed by atoms with E-state index in [2.05, 4.69) is 21.2 Å². The molecule has 0 aliphatic heterocycles. The molecular formula is C21H26BrN3O4S. The van der Waals surface area contributed by atoms with E-state index >= 15 is 0 Å². The number of benzene rings is 2. The molecule has 0 bridgehead atoms. The highest BCUT2D eigenvalue weighted by atomic mass is 79.9. The third kappa shape index (κ3) is 6.30. The summed E-state index contributed by atoms with van der Waals surface area (Å²) in [4.78, 5) is 26.9. The normalized spacial score (nSPS) is 12.2. The number of hydrogen-bond donors (Lipinski definition) is 1. The molecule has 9 heteroatoms. The summed E-state index contributed by atoms with van der Waals surface area (Å²) in [6.45, 7) is 3.27. The van der Waals surface area contributed by atoms with Gasteiger partial charge in [-0.15, -0.1) is 0 Å². The van der Waals surface area contributed by atoms with Gasteiger partial charge in [-0.1, -0.05) is 45.8 Å². The number of carbonyl (C=O) groups excluding carboxylic acids is 2. The second-order valence-corrected chi connectivity index (χ2v) is 9.87. The van der Waals surface area contributed by atoms with Crippen LogP contribution >= 0.6 is 15.9 Å². The first-order valence-corrected chi connectivity index (χ1v) is 12.0. The molecule has 0 aliphatic carbocycles. The fourth-order valence-corrected chi connectivity index (χ4v) is 4.24. The maximum atomic E-state index is 13.2. The second kappa shape index (κ2) is 10.1. The van der Waals surface area contributed by atoms with Crippen LogP contribution in [0.4, 0.5) is 5.69 Å². The first-order chi connectivity index (χ1) is 14.0. The summed E-state index contributed by atoms with van der Waals surface area (Å²) in [5.41, 5.74) is 2.18. The number of sulfonamides is 1. The van der Waals surface area contributed by atoms with Gasteiger partial charge in [-0.3, -0.25) is 13.9 Å². The molecule has 0 aliphatic rings. The van der Waals surface area contributed by atoms with Crippen LogP contribution in [0, 0.1) is 6.92 Å². The lowest BCUT2D eigenvalue weighted by molar-refractivity contribution is -0.139. The highest BCUT2D eigenvalue weighted by Crippen LogP contribution is 2.20. The smallest absolute Gasteiger partial charge is 0.244 e. The van der Waals surface area contributed by atoms with E-state index in [0.717, 1.165) is 26.2 Å². The topological polar surface area (TPSA) is 86.8 Å². The monoisotopic (exact) mass is 495 g/mol. The van der Waals surface area contributed by atoms with Crippen molar-refractivity contribution in [3.8, 4) is 0 Å². The van der Waals surface area contributed by atoms with Crippen molar-refractivity contribution in [1.82, 2.24) is 10.2 Å². The molecule has 2 amide bonds. The van der Waals surface area contributed by atoms with Crippen LogP contribution < -0.4 is 9.62 Å². The maximum absolute atomic E-state index is 13.2. The summed E-state index contributed by atoms with van der Waals surface area (Å²) in [7, 11) is -2.22. The van der Waals surface area contributed by atoms with Crippen LogP contribution in [0.3, 0.4) is 0 Å². The lowest BCUT2D eigenvalue weighted by Gasteiger charge is -2.31. The molecule has 0 aromatic heterocycles. The second-order valence-electron chi connectivity index (χ2n) is 7.05. The Morgan fingerprint density at radius 2 is 1.77 bits per heavy atom. The van der Waals surface area contributed by atoms with Crippen molar-refractivity contribution in [2.75, 3.05) is 24.2 Å². The molecule has 1 N–H and O–H groups in total. The number of amides is 2. The zero-order valence-corrected chi connectivity index (χ0v) is 19.8. The van der Waals surface area contributed by atoms with Gasteiger partial charge < -0.3 is 10.2 Å². The summed E-state index contributed by atoms with van der Waals surface area (Å²) in [6.07, 6.45) is 1.06. The van der Waals surface area contributed by atoms with Crippen molar-refractivity contribution in [2.24, 2.45) is 0 Å². The van der Waals surface area contributed by atoms with Gasteiger partial charge in [-0.2, -0.15) is 0 Å². The molecule has 2 aromatic rings. The molecule has 0 fully saturated rings. The van der Waals surface area contributed by atoms with Gasteiger partial charge in [-0.05, 0) is 43.7 Å². The van der Waals surface area contributed by atoms with E-state index in [1.807, 2.05) is 31.2 Å². The Hall–Kier alpha value is -2.39. The summed E-state index contributed by atoms with van der Waals surface area (Å²) in [5, 5.41) is 2.54. The van der Waals surface area contributed by atoms with Crippen LogP contribution in [0.15, 0.2) is 53.0 Å². The van der Waals surface area contributed by atoms with Gasteiger partial charge in [0.05, 0.1) is 11.9 Å². The van der Waals surface area contributed by atoms with Gasteiger partial charge in [0, 0.05) is 18.1 Å². The fourth-order valence-electron chi connectivity index (χ4n) is 2.95. The first kappa shape index (κ1) is 23.9. The Balaban J connectivity index is 2.36. The van der Waals surface area contributed by atoms with Gasteiger partial charge in [0.2, 0.25) is 21.8 Å². The minimum Gasteiger partial charge on any atom is -0.357 e. The molecule has 0 heterocycles. The Morgan fingerprint density at radius 3 is 2.30 bits per heavy atom. The molecule has 30 heavy (non-hydrogen) atoms. The van der Waals surface area contributed by atoms with Gasteiger partial charge in [0.1, 0.15) is 12.6 Å². The Morgan fingerprint density at radius 1 is 1.13 bits per heavy atom. The molecule has 7 nitrogen and oxygen atoms in total. The minimum absolute atomic E-state index is 0.165. The molecule has 162 valence electrons. The number of halogens is 1. The van der Waals surface area contributed by atoms with Crippen molar-refractivity contribution < 1.29 is 18.0 Å². The van der Waals surface area contributed by atoms with E-state index in [1.54, 1.807) is 31.2 Å². The molecule has 0 saturated carbocycles. The number of nitrogens with one attached hydrogen (secondary N) is 1. The SMILES string of the molecule is CNC(=O)[C@H](C)N(Cc1cccc(Br)c1)C(=O)CN(c1ccc(C)cc1)S(C)(=O)=O. The lowest BCUT2D eigenvalue weighted by atomic mass is 10.1. The molecule has 2 rings (SSSR count). The van der Waals surface area contributed by atoms with Crippen LogP contribution in [0.1, 0.15) is 18.1 Å².